The van der Waals surface area contributed by atoms with Crippen molar-refractivity contribution < 1.29 is 18.0 Å². The number of amides is 2. The van der Waals surface area contributed by atoms with Crippen LogP contribution in [0.25, 0.3) is 0 Å². The molecule has 1 aromatic carbocycles. The Morgan fingerprint density at radius 1 is 1.28 bits per heavy atom. The second kappa shape index (κ2) is 8.20. The van der Waals surface area contributed by atoms with E-state index in [0.29, 0.717) is 29.7 Å². The lowest BCUT2D eigenvalue weighted by atomic mass is 10.2. The fraction of sp³-hybridized carbons (Fsp3) is 0.400. The number of halogens is 1. The zero-order valence-corrected chi connectivity index (χ0v) is 18.9. The highest BCUT2D eigenvalue weighted by Gasteiger charge is 2.39. The third-order valence-corrected chi connectivity index (χ3v) is 8.22. The number of anilines is 1. The SMILES string of the molecule is O=C(CCS(=O)(=O)c1cc(Br)cc2c1N(C(=O)C1CC1)CC2)NCc1cccs1. The number of nitrogens with one attached hydrogen (secondary N) is 1. The molecule has 1 aromatic heterocycles. The van der Waals surface area contributed by atoms with Crippen molar-refractivity contribution in [1.82, 2.24) is 5.32 Å². The summed E-state index contributed by atoms with van der Waals surface area (Å²) in [6.07, 6.45) is 2.25. The Morgan fingerprint density at radius 2 is 2.07 bits per heavy atom. The summed E-state index contributed by atoms with van der Waals surface area (Å²) in [5.74, 6) is -0.573. The van der Waals surface area contributed by atoms with Gasteiger partial charge in [-0.3, -0.25) is 9.59 Å². The molecule has 2 amide bonds. The van der Waals surface area contributed by atoms with E-state index in [-0.39, 0.29) is 34.8 Å². The average molecular weight is 497 g/mol. The maximum absolute atomic E-state index is 13.1. The van der Waals surface area contributed by atoms with Crippen LogP contribution in [0.5, 0.6) is 0 Å². The van der Waals surface area contributed by atoms with Gasteiger partial charge in [0, 0.05) is 28.2 Å². The first-order valence-corrected chi connectivity index (χ1v) is 12.8. The van der Waals surface area contributed by atoms with E-state index in [0.717, 1.165) is 23.3 Å². The van der Waals surface area contributed by atoms with Crippen LogP contribution in [0.3, 0.4) is 0 Å². The van der Waals surface area contributed by atoms with Crippen LogP contribution in [0, 0.1) is 5.92 Å². The highest BCUT2D eigenvalue weighted by molar-refractivity contribution is 9.10. The zero-order chi connectivity index (χ0) is 20.6. The van der Waals surface area contributed by atoms with Gasteiger partial charge in [0.05, 0.1) is 22.9 Å². The molecule has 1 saturated carbocycles. The first kappa shape index (κ1) is 20.6. The van der Waals surface area contributed by atoms with Crippen molar-refractivity contribution in [3.63, 3.8) is 0 Å². The molecule has 0 unspecified atom stereocenters. The van der Waals surface area contributed by atoms with Gasteiger partial charge in [0.1, 0.15) is 0 Å². The van der Waals surface area contributed by atoms with Gasteiger partial charge in [0.2, 0.25) is 11.8 Å². The molecule has 1 aliphatic heterocycles. The van der Waals surface area contributed by atoms with Crippen LogP contribution in [0.1, 0.15) is 29.7 Å². The Kier molecular flexibility index (Phi) is 5.81. The monoisotopic (exact) mass is 496 g/mol. The molecule has 29 heavy (non-hydrogen) atoms. The first-order chi connectivity index (χ1) is 13.8. The van der Waals surface area contributed by atoms with Gasteiger partial charge < -0.3 is 10.2 Å². The van der Waals surface area contributed by atoms with E-state index in [1.807, 2.05) is 23.6 Å². The fourth-order valence-corrected chi connectivity index (χ4v) is 6.32. The highest BCUT2D eigenvalue weighted by atomic mass is 79.9. The Hall–Kier alpha value is -1.71. The van der Waals surface area contributed by atoms with Gasteiger partial charge in [-0.1, -0.05) is 22.0 Å². The number of thiophene rings is 1. The Balaban J connectivity index is 1.50. The number of sulfone groups is 1. The van der Waals surface area contributed by atoms with Crippen molar-refractivity contribution in [1.29, 1.82) is 0 Å². The zero-order valence-electron chi connectivity index (χ0n) is 15.7. The molecule has 0 radical (unpaired) electrons. The summed E-state index contributed by atoms with van der Waals surface area (Å²) in [5, 5.41) is 4.68. The third-order valence-electron chi connectivity index (χ3n) is 5.16. The van der Waals surface area contributed by atoms with Crippen molar-refractivity contribution in [2.45, 2.75) is 37.1 Å². The van der Waals surface area contributed by atoms with Gasteiger partial charge in [-0.2, -0.15) is 0 Å². The summed E-state index contributed by atoms with van der Waals surface area (Å²) < 4.78 is 26.9. The molecule has 1 aliphatic carbocycles. The predicted molar refractivity (Wildman–Crippen MR) is 116 cm³/mol. The van der Waals surface area contributed by atoms with Gasteiger partial charge in [-0.25, -0.2) is 8.42 Å². The van der Waals surface area contributed by atoms with Crippen molar-refractivity contribution in [3.8, 4) is 0 Å². The van der Waals surface area contributed by atoms with Crippen molar-refractivity contribution >= 4 is 54.6 Å². The first-order valence-electron chi connectivity index (χ1n) is 9.51. The number of carbonyl (C=O) groups is 2. The van der Waals surface area contributed by atoms with Crippen LogP contribution in [0.2, 0.25) is 0 Å². The van der Waals surface area contributed by atoms with Crippen LogP contribution in [0.15, 0.2) is 39.0 Å². The second-order valence-corrected chi connectivity index (χ2v) is 11.4. The van der Waals surface area contributed by atoms with Crippen LogP contribution in [-0.4, -0.2) is 32.5 Å². The normalized spacial score (nSPS) is 16.0. The highest BCUT2D eigenvalue weighted by Crippen LogP contribution is 2.41. The van der Waals surface area contributed by atoms with Gasteiger partial charge >= 0.3 is 0 Å². The van der Waals surface area contributed by atoms with Crippen LogP contribution in [0.4, 0.5) is 5.69 Å². The summed E-state index contributed by atoms with van der Waals surface area (Å²) in [6, 6.07) is 7.25. The van der Waals surface area contributed by atoms with E-state index in [4.69, 9.17) is 0 Å². The van der Waals surface area contributed by atoms with E-state index < -0.39 is 9.84 Å². The molecule has 0 spiro atoms. The van der Waals surface area contributed by atoms with E-state index in [2.05, 4.69) is 21.2 Å². The average Bonchev–Trinajstić information content (AvgIpc) is 3.24. The van der Waals surface area contributed by atoms with E-state index in [1.54, 1.807) is 11.0 Å². The standard InChI is InChI=1S/C20H21BrN2O4S2/c21-15-10-14-5-7-23(20(25)13-3-4-13)19(14)17(11-15)29(26,27)9-6-18(24)22-12-16-2-1-8-28-16/h1-2,8,10-11,13H,3-7,9,12H2,(H,22,24). The molecule has 0 bridgehead atoms. The lowest BCUT2D eigenvalue weighted by Gasteiger charge is -2.20. The fourth-order valence-electron chi connectivity index (χ4n) is 3.50. The summed E-state index contributed by atoms with van der Waals surface area (Å²) >= 11 is 4.92. The number of rotatable bonds is 7. The van der Waals surface area contributed by atoms with Crippen LogP contribution < -0.4 is 10.2 Å². The summed E-state index contributed by atoms with van der Waals surface area (Å²) in [6.45, 7) is 0.900. The lowest BCUT2D eigenvalue weighted by molar-refractivity contribution is -0.121. The maximum Gasteiger partial charge on any atom is 0.230 e. The Labute approximate surface area is 182 Å². The number of carbonyl (C=O) groups excluding carboxylic acids is 2. The Morgan fingerprint density at radius 3 is 2.76 bits per heavy atom. The quantitative estimate of drug-likeness (QED) is 0.637. The molecule has 0 saturated heterocycles. The van der Waals surface area contributed by atoms with Gasteiger partial charge in [-0.15, -0.1) is 11.3 Å². The Bertz CT molecular complexity index is 1050. The van der Waals surface area contributed by atoms with Crippen LogP contribution >= 0.6 is 27.3 Å². The van der Waals surface area contributed by atoms with Crippen LogP contribution in [-0.2, 0) is 32.4 Å². The summed E-state index contributed by atoms with van der Waals surface area (Å²) in [4.78, 5) is 27.6. The van der Waals surface area contributed by atoms with E-state index in [9.17, 15) is 18.0 Å². The van der Waals surface area contributed by atoms with Crippen molar-refractivity contribution in [3.05, 3.63) is 44.6 Å². The van der Waals surface area contributed by atoms with Gasteiger partial charge in [0.15, 0.2) is 9.84 Å². The van der Waals surface area contributed by atoms with Gasteiger partial charge in [0.25, 0.3) is 0 Å². The molecule has 1 N–H and O–H groups in total. The van der Waals surface area contributed by atoms with Crippen molar-refractivity contribution in [2.75, 3.05) is 17.2 Å². The minimum atomic E-state index is -3.73. The summed E-state index contributed by atoms with van der Waals surface area (Å²) in [7, 11) is -3.73. The minimum Gasteiger partial charge on any atom is -0.351 e. The maximum atomic E-state index is 13.1. The topological polar surface area (TPSA) is 83.6 Å². The molecular formula is C20H21BrN2O4S2. The molecule has 9 heteroatoms. The summed E-state index contributed by atoms with van der Waals surface area (Å²) in [5.41, 5.74) is 1.36. The number of benzene rings is 1. The molecule has 1 fully saturated rings. The van der Waals surface area contributed by atoms with E-state index >= 15 is 0 Å². The van der Waals surface area contributed by atoms with Gasteiger partial charge in [-0.05, 0) is 48.4 Å². The number of fused-ring (bicyclic) bond motifs is 1. The largest absolute Gasteiger partial charge is 0.351 e. The molecule has 4 rings (SSSR count). The molecular weight excluding hydrogens is 476 g/mol. The number of nitrogens with zero attached hydrogens (tertiary/aromatic N) is 1. The second-order valence-electron chi connectivity index (χ2n) is 7.35. The molecule has 0 atom stereocenters. The number of hydrogen-bond donors (Lipinski definition) is 1. The molecule has 154 valence electrons. The minimum absolute atomic E-state index is 0.0104. The number of hydrogen-bond acceptors (Lipinski definition) is 5. The third kappa shape index (κ3) is 4.57. The molecule has 2 aromatic rings. The molecule has 6 nitrogen and oxygen atoms in total. The predicted octanol–water partition coefficient (Wildman–Crippen LogP) is 3.29. The van der Waals surface area contributed by atoms with E-state index in [1.165, 1.54) is 11.3 Å². The lowest BCUT2D eigenvalue weighted by Crippen LogP contribution is -2.31. The molecule has 2 heterocycles. The van der Waals surface area contributed by atoms with Crippen molar-refractivity contribution in [2.24, 2.45) is 5.92 Å². The smallest absolute Gasteiger partial charge is 0.230 e. The molecule has 2 aliphatic rings.